The third kappa shape index (κ3) is 4.55. The fraction of sp³-hybridized carbons (Fsp3) is 0.667. The minimum atomic E-state index is -0.447. The third-order valence-electron chi connectivity index (χ3n) is 4.36. The maximum atomic E-state index is 12.9. The average molecular weight is 368 g/mol. The zero-order valence-corrected chi connectivity index (χ0v) is 15.6. The number of pyridine rings is 1. The van der Waals surface area contributed by atoms with Crippen molar-refractivity contribution in [2.24, 2.45) is 11.3 Å². The van der Waals surface area contributed by atoms with Crippen LogP contribution in [0.25, 0.3) is 0 Å². The Labute approximate surface area is 142 Å². The number of hydrogen-bond donors (Lipinski definition) is 0. The summed E-state index contributed by atoms with van der Waals surface area (Å²) in [5.74, 6) is 0.625. The van der Waals surface area contributed by atoms with Crippen molar-refractivity contribution >= 4 is 21.9 Å². The second kappa shape index (κ2) is 6.69. The maximum absolute atomic E-state index is 12.9. The summed E-state index contributed by atoms with van der Waals surface area (Å²) in [6, 6.07) is 5.88. The summed E-state index contributed by atoms with van der Waals surface area (Å²) < 4.78 is 6.55. The highest BCUT2D eigenvalue weighted by molar-refractivity contribution is 9.10. The van der Waals surface area contributed by atoms with E-state index in [0.29, 0.717) is 12.3 Å². The first kappa shape index (κ1) is 17.5. The van der Waals surface area contributed by atoms with Crippen molar-refractivity contribution in [2.75, 3.05) is 0 Å². The number of ether oxygens (including phenoxy) is 1. The van der Waals surface area contributed by atoms with Gasteiger partial charge in [-0.25, -0.2) is 4.98 Å². The fourth-order valence-electron chi connectivity index (χ4n) is 3.05. The molecular formula is C18H26BrNO2. The van der Waals surface area contributed by atoms with Crippen LogP contribution in [0.5, 0.6) is 0 Å². The Balaban J connectivity index is 2.24. The van der Waals surface area contributed by atoms with E-state index in [1.165, 1.54) is 0 Å². The molecule has 2 rings (SSSR count). The smallest absolute Gasteiger partial charge is 0.312 e. The molecule has 0 aliphatic heterocycles. The summed E-state index contributed by atoms with van der Waals surface area (Å²) in [6.45, 7) is 8.06. The van der Waals surface area contributed by atoms with E-state index >= 15 is 0 Å². The van der Waals surface area contributed by atoms with Crippen LogP contribution >= 0.6 is 15.9 Å². The Bertz CT molecular complexity index is 528. The topological polar surface area (TPSA) is 39.2 Å². The summed E-state index contributed by atoms with van der Waals surface area (Å²) in [4.78, 5) is 17.4. The van der Waals surface area contributed by atoms with Crippen molar-refractivity contribution in [1.29, 1.82) is 0 Å². The number of halogens is 1. The molecule has 0 bridgehead atoms. The molecule has 0 aromatic carbocycles. The van der Waals surface area contributed by atoms with Gasteiger partial charge in [-0.05, 0) is 80.4 Å². The van der Waals surface area contributed by atoms with Gasteiger partial charge in [-0.1, -0.05) is 13.0 Å². The Morgan fingerprint density at radius 3 is 2.55 bits per heavy atom. The predicted octanol–water partition coefficient (Wildman–Crippen LogP) is 4.92. The fourth-order valence-corrected chi connectivity index (χ4v) is 3.43. The minimum absolute atomic E-state index is 0.0614. The monoisotopic (exact) mass is 367 g/mol. The second-order valence-electron chi connectivity index (χ2n) is 7.59. The van der Waals surface area contributed by atoms with Crippen LogP contribution in [-0.4, -0.2) is 16.6 Å². The van der Waals surface area contributed by atoms with Gasteiger partial charge in [-0.2, -0.15) is 0 Å². The van der Waals surface area contributed by atoms with Gasteiger partial charge in [0, 0.05) is 12.1 Å². The van der Waals surface area contributed by atoms with E-state index < -0.39 is 11.0 Å². The molecule has 0 radical (unpaired) electrons. The average Bonchev–Trinajstić information content (AvgIpc) is 2.40. The van der Waals surface area contributed by atoms with Gasteiger partial charge < -0.3 is 4.74 Å². The first-order chi connectivity index (χ1) is 10.2. The lowest BCUT2D eigenvalue weighted by Crippen LogP contribution is -2.42. The van der Waals surface area contributed by atoms with Gasteiger partial charge in [0.15, 0.2) is 0 Å². The predicted molar refractivity (Wildman–Crippen MR) is 91.6 cm³/mol. The first-order valence-electron chi connectivity index (χ1n) is 8.05. The molecule has 0 unspecified atom stereocenters. The normalized spacial score (nSPS) is 25.8. The number of esters is 1. The van der Waals surface area contributed by atoms with Gasteiger partial charge in [-0.3, -0.25) is 4.79 Å². The van der Waals surface area contributed by atoms with Gasteiger partial charge >= 0.3 is 5.97 Å². The lowest BCUT2D eigenvalue weighted by Gasteiger charge is -2.39. The summed E-state index contributed by atoms with van der Waals surface area (Å²) in [5, 5.41) is 0. The molecule has 0 atom stereocenters. The first-order valence-corrected chi connectivity index (χ1v) is 8.84. The van der Waals surface area contributed by atoms with Crippen LogP contribution in [0, 0.1) is 11.3 Å². The van der Waals surface area contributed by atoms with E-state index in [2.05, 4.69) is 27.8 Å². The number of rotatable bonds is 3. The zero-order valence-electron chi connectivity index (χ0n) is 14.0. The van der Waals surface area contributed by atoms with Gasteiger partial charge in [0.2, 0.25) is 0 Å². The zero-order chi connectivity index (χ0) is 16.4. The van der Waals surface area contributed by atoms with Crippen LogP contribution in [-0.2, 0) is 16.0 Å². The van der Waals surface area contributed by atoms with E-state index in [9.17, 15) is 4.79 Å². The highest BCUT2D eigenvalue weighted by atomic mass is 79.9. The number of carbonyl (C=O) groups excluding carboxylic acids is 1. The molecule has 4 heteroatoms. The molecule has 0 spiro atoms. The molecule has 1 aliphatic rings. The van der Waals surface area contributed by atoms with Crippen molar-refractivity contribution in [1.82, 2.24) is 4.98 Å². The number of aromatic nitrogens is 1. The standard InChI is InChI=1S/C18H26BrNO2/c1-13-8-10-18(11-9-13,16(21)22-17(2,3)4)12-14-6-5-7-15(19)20-14/h5-7,13H,8-12H2,1-4H3/t13-,18+. The summed E-state index contributed by atoms with van der Waals surface area (Å²) in [7, 11) is 0. The Morgan fingerprint density at radius 2 is 2.00 bits per heavy atom. The van der Waals surface area contributed by atoms with E-state index in [4.69, 9.17) is 4.74 Å². The number of carbonyl (C=O) groups is 1. The minimum Gasteiger partial charge on any atom is -0.460 e. The van der Waals surface area contributed by atoms with Gasteiger partial charge in [-0.15, -0.1) is 0 Å². The van der Waals surface area contributed by atoms with E-state index in [0.717, 1.165) is 36.0 Å². The largest absolute Gasteiger partial charge is 0.460 e. The van der Waals surface area contributed by atoms with E-state index in [-0.39, 0.29) is 5.97 Å². The Kier molecular flexibility index (Phi) is 5.31. The molecule has 1 saturated carbocycles. The van der Waals surface area contributed by atoms with E-state index in [1.807, 2.05) is 39.0 Å². The molecule has 0 amide bonds. The molecule has 1 fully saturated rings. The number of nitrogens with zero attached hydrogens (tertiary/aromatic N) is 1. The van der Waals surface area contributed by atoms with Crippen molar-refractivity contribution in [2.45, 2.75) is 65.4 Å². The highest BCUT2D eigenvalue weighted by Crippen LogP contribution is 2.43. The van der Waals surface area contributed by atoms with Gasteiger partial charge in [0.25, 0.3) is 0 Å². The van der Waals surface area contributed by atoms with Crippen LogP contribution in [0.2, 0.25) is 0 Å². The summed E-state index contributed by atoms with van der Waals surface area (Å²) in [6.07, 6.45) is 4.59. The maximum Gasteiger partial charge on any atom is 0.312 e. The molecule has 1 heterocycles. The van der Waals surface area contributed by atoms with Crippen molar-refractivity contribution in [3.05, 3.63) is 28.5 Å². The van der Waals surface area contributed by atoms with E-state index in [1.54, 1.807) is 0 Å². The Hall–Kier alpha value is -0.900. The number of hydrogen-bond acceptors (Lipinski definition) is 3. The molecule has 22 heavy (non-hydrogen) atoms. The molecule has 1 aliphatic carbocycles. The Morgan fingerprint density at radius 1 is 1.36 bits per heavy atom. The molecule has 0 saturated heterocycles. The third-order valence-corrected chi connectivity index (χ3v) is 4.80. The summed E-state index contributed by atoms with van der Waals surface area (Å²) >= 11 is 3.41. The van der Waals surface area contributed by atoms with Crippen LogP contribution in [0.4, 0.5) is 0 Å². The highest BCUT2D eigenvalue weighted by Gasteiger charge is 2.44. The second-order valence-corrected chi connectivity index (χ2v) is 8.41. The molecule has 0 N–H and O–H groups in total. The summed E-state index contributed by atoms with van der Waals surface area (Å²) in [5.41, 5.74) is 0.0839. The molecular weight excluding hydrogens is 342 g/mol. The van der Waals surface area contributed by atoms with Crippen LogP contribution in [0.1, 0.15) is 59.1 Å². The van der Waals surface area contributed by atoms with Crippen molar-refractivity contribution in [3.63, 3.8) is 0 Å². The van der Waals surface area contributed by atoms with Gasteiger partial charge in [0.05, 0.1) is 5.41 Å². The molecule has 1 aromatic rings. The van der Waals surface area contributed by atoms with Crippen LogP contribution in [0.3, 0.4) is 0 Å². The lowest BCUT2D eigenvalue weighted by atomic mass is 9.68. The van der Waals surface area contributed by atoms with Crippen LogP contribution < -0.4 is 0 Å². The van der Waals surface area contributed by atoms with Crippen molar-refractivity contribution < 1.29 is 9.53 Å². The van der Waals surface area contributed by atoms with Crippen molar-refractivity contribution in [3.8, 4) is 0 Å². The molecule has 3 nitrogen and oxygen atoms in total. The quantitative estimate of drug-likeness (QED) is 0.561. The molecule has 122 valence electrons. The lowest BCUT2D eigenvalue weighted by molar-refractivity contribution is -0.170. The molecule has 1 aromatic heterocycles. The van der Waals surface area contributed by atoms with Gasteiger partial charge in [0.1, 0.15) is 10.2 Å². The van der Waals surface area contributed by atoms with Crippen LogP contribution in [0.15, 0.2) is 22.8 Å². The SMILES string of the molecule is CC(C)(C)OC(=O)[C@]1(Cc2cccc(Br)n2)CC[C@H](C)CC1.